The van der Waals surface area contributed by atoms with Gasteiger partial charge in [-0.3, -0.25) is 0 Å². The maximum Gasteiger partial charge on any atom is 0.0367 e. The molecule has 2 heteroatoms. The number of piperazine rings is 1. The predicted octanol–water partition coefficient (Wildman–Crippen LogP) is 3.81. The second-order valence-electron chi connectivity index (χ2n) is 7.91. The van der Waals surface area contributed by atoms with Crippen LogP contribution in [0.25, 0.3) is 0 Å². The third-order valence-corrected chi connectivity index (χ3v) is 4.10. The highest BCUT2D eigenvalue weighted by molar-refractivity contribution is 5.49. The minimum absolute atomic E-state index is 0.236. The Morgan fingerprint density at radius 2 is 1.50 bits per heavy atom. The van der Waals surface area contributed by atoms with Gasteiger partial charge in [-0.25, -0.2) is 0 Å². The van der Waals surface area contributed by atoms with Crippen molar-refractivity contribution in [1.82, 2.24) is 5.32 Å². The molecule has 112 valence electrons. The minimum atomic E-state index is 0.236. The molecule has 2 nitrogen and oxygen atoms in total. The molecule has 0 saturated carbocycles. The molecule has 0 aromatic heterocycles. The lowest BCUT2D eigenvalue weighted by atomic mass is 9.72. The lowest BCUT2D eigenvalue weighted by molar-refractivity contribution is 0.284. The third kappa shape index (κ3) is 3.99. The molecule has 1 aliphatic heterocycles. The fourth-order valence-corrected chi connectivity index (χ4v) is 3.47. The van der Waals surface area contributed by atoms with Crippen molar-refractivity contribution in [3.63, 3.8) is 0 Å². The van der Waals surface area contributed by atoms with Crippen LogP contribution in [0.5, 0.6) is 0 Å². The van der Waals surface area contributed by atoms with Crippen molar-refractivity contribution in [2.24, 2.45) is 5.41 Å². The molecule has 0 spiro atoms. The summed E-state index contributed by atoms with van der Waals surface area (Å²) in [6.07, 6.45) is 1.20. The SMILES string of the molecule is CC(C)(C)CC(C)(C)c1ccc(N2CCNCC2)cc1. The predicted molar refractivity (Wildman–Crippen MR) is 88.6 cm³/mol. The number of hydrogen-bond acceptors (Lipinski definition) is 2. The van der Waals surface area contributed by atoms with Gasteiger partial charge in [-0.15, -0.1) is 0 Å². The maximum atomic E-state index is 3.40. The fraction of sp³-hybridized carbons (Fsp3) is 0.667. The van der Waals surface area contributed by atoms with Crippen molar-refractivity contribution in [3.8, 4) is 0 Å². The van der Waals surface area contributed by atoms with Crippen molar-refractivity contribution in [2.75, 3.05) is 31.1 Å². The molecule has 0 aliphatic carbocycles. The van der Waals surface area contributed by atoms with Crippen LogP contribution in [0.15, 0.2) is 24.3 Å². The normalized spacial score (nSPS) is 17.4. The number of anilines is 1. The van der Waals surface area contributed by atoms with Gasteiger partial charge < -0.3 is 10.2 Å². The lowest BCUT2D eigenvalue weighted by Crippen LogP contribution is -2.43. The zero-order valence-electron chi connectivity index (χ0n) is 13.8. The van der Waals surface area contributed by atoms with Gasteiger partial charge >= 0.3 is 0 Å². The number of nitrogens with zero attached hydrogens (tertiary/aromatic N) is 1. The summed E-state index contributed by atoms with van der Waals surface area (Å²) in [6.45, 7) is 16.1. The first-order chi connectivity index (χ1) is 9.28. The second-order valence-corrected chi connectivity index (χ2v) is 7.91. The topological polar surface area (TPSA) is 15.3 Å². The Kier molecular flexibility index (Phi) is 4.43. The summed E-state index contributed by atoms with van der Waals surface area (Å²) < 4.78 is 0. The van der Waals surface area contributed by atoms with Gasteiger partial charge in [0.05, 0.1) is 0 Å². The Morgan fingerprint density at radius 3 is 2.00 bits per heavy atom. The van der Waals surface area contributed by atoms with Gasteiger partial charge in [-0.1, -0.05) is 46.8 Å². The number of rotatable bonds is 3. The van der Waals surface area contributed by atoms with E-state index in [0.29, 0.717) is 5.41 Å². The summed E-state index contributed by atoms with van der Waals surface area (Å²) in [5, 5.41) is 3.40. The monoisotopic (exact) mass is 274 g/mol. The highest BCUT2D eigenvalue weighted by Crippen LogP contribution is 2.36. The molecule has 2 rings (SSSR count). The molecule has 0 bridgehead atoms. The first-order valence-corrected chi connectivity index (χ1v) is 7.84. The Bertz CT molecular complexity index is 420. The standard InChI is InChI=1S/C18H30N2/c1-17(2,3)14-18(4,5)15-6-8-16(9-7-15)20-12-10-19-11-13-20/h6-9,19H,10-14H2,1-5H3. The van der Waals surface area contributed by atoms with E-state index in [1.807, 2.05) is 0 Å². The smallest absolute Gasteiger partial charge is 0.0367 e. The minimum Gasteiger partial charge on any atom is -0.369 e. The number of nitrogens with one attached hydrogen (secondary N) is 1. The molecule has 20 heavy (non-hydrogen) atoms. The van der Waals surface area contributed by atoms with Gasteiger partial charge in [0.25, 0.3) is 0 Å². The molecular formula is C18H30N2. The summed E-state index contributed by atoms with van der Waals surface area (Å²) in [7, 11) is 0. The van der Waals surface area contributed by atoms with Gasteiger partial charge in [0.2, 0.25) is 0 Å². The van der Waals surface area contributed by atoms with E-state index in [1.54, 1.807) is 0 Å². The number of benzene rings is 1. The molecule has 0 atom stereocenters. The van der Waals surface area contributed by atoms with Crippen LogP contribution in [0.2, 0.25) is 0 Å². The van der Waals surface area contributed by atoms with Gasteiger partial charge in [0.15, 0.2) is 0 Å². The van der Waals surface area contributed by atoms with E-state index in [2.05, 4.69) is 69.1 Å². The summed E-state index contributed by atoms with van der Waals surface area (Å²) in [6, 6.07) is 9.24. The second kappa shape index (κ2) is 5.77. The van der Waals surface area contributed by atoms with E-state index in [-0.39, 0.29) is 5.41 Å². The quantitative estimate of drug-likeness (QED) is 0.901. The van der Waals surface area contributed by atoms with E-state index < -0.39 is 0 Å². The average Bonchev–Trinajstić information content (AvgIpc) is 2.37. The zero-order valence-corrected chi connectivity index (χ0v) is 13.8. The van der Waals surface area contributed by atoms with Crippen molar-refractivity contribution < 1.29 is 0 Å². The van der Waals surface area contributed by atoms with Gasteiger partial charge in [0.1, 0.15) is 0 Å². The molecule has 1 aliphatic rings. The van der Waals surface area contributed by atoms with Crippen LogP contribution in [0.3, 0.4) is 0 Å². The van der Waals surface area contributed by atoms with Crippen molar-refractivity contribution >= 4 is 5.69 Å². The Balaban J connectivity index is 2.10. The van der Waals surface area contributed by atoms with E-state index in [0.717, 1.165) is 26.2 Å². The van der Waals surface area contributed by atoms with Crippen molar-refractivity contribution in [2.45, 2.75) is 46.5 Å². The van der Waals surface area contributed by atoms with E-state index in [9.17, 15) is 0 Å². The summed E-state index contributed by atoms with van der Waals surface area (Å²) >= 11 is 0. The number of hydrogen-bond donors (Lipinski definition) is 1. The molecule has 0 unspecified atom stereocenters. The highest BCUT2D eigenvalue weighted by Gasteiger charge is 2.27. The van der Waals surface area contributed by atoms with Crippen LogP contribution in [-0.2, 0) is 5.41 Å². The Hall–Kier alpha value is -1.02. The molecule has 1 fully saturated rings. The molecular weight excluding hydrogens is 244 g/mol. The summed E-state index contributed by atoms with van der Waals surface area (Å²) in [5.74, 6) is 0. The van der Waals surface area contributed by atoms with Crippen LogP contribution in [0.1, 0.15) is 46.6 Å². The molecule has 0 radical (unpaired) electrons. The molecule has 0 amide bonds. The van der Waals surface area contributed by atoms with Crippen molar-refractivity contribution in [3.05, 3.63) is 29.8 Å². The highest BCUT2D eigenvalue weighted by atomic mass is 15.2. The molecule has 1 saturated heterocycles. The third-order valence-electron chi connectivity index (χ3n) is 4.10. The first-order valence-electron chi connectivity index (χ1n) is 7.84. The molecule has 1 heterocycles. The zero-order chi connectivity index (χ0) is 14.8. The van der Waals surface area contributed by atoms with Crippen molar-refractivity contribution in [1.29, 1.82) is 0 Å². The van der Waals surface area contributed by atoms with Crippen LogP contribution in [-0.4, -0.2) is 26.2 Å². The Morgan fingerprint density at radius 1 is 0.950 bits per heavy atom. The van der Waals surface area contributed by atoms with Crippen LogP contribution < -0.4 is 10.2 Å². The van der Waals surface area contributed by atoms with E-state index in [4.69, 9.17) is 0 Å². The molecule has 1 aromatic carbocycles. The summed E-state index contributed by atoms with van der Waals surface area (Å²) in [5.41, 5.74) is 3.41. The largest absolute Gasteiger partial charge is 0.369 e. The van der Waals surface area contributed by atoms with E-state index >= 15 is 0 Å². The first kappa shape index (κ1) is 15.4. The van der Waals surface area contributed by atoms with E-state index in [1.165, 1.54) is 17.7 Å². The van der Waals surface area contributed by atoms with Gasteiger partial charge in [-0.05, 0) is 34.9 Å². The maximum absolute atomic E-state index is 3.40. The van der Waals surface area contributed by atoms with Crippen LogP contribution in [0.4, 0.5) is 5.69 Å². The molecule has 1 N–H and O–H groups in total. The Labute approximate surface area is 124 Å². The lowest BCUT2D eigenvalue weighted by Gasteiger charge is -2.34. The average molecular weight is 274 g/mol. The summed E-state index contributed by atoms with van der Waals surface area (Å²) in [4.78, 5) is 2.47. The van der Waals surface area contributed by atoms with Crippen LogP contribution >= 0.6 is 0 Å². The molecule has 1 aromatic rings. The van der Waals surface area contributed by atoms with Crippen LogP contribution in [0, 0.1) is 5.41 Å². The van der Waals surface area contributed by atoms with Gasteiger partial charge in [-0.2, -0.15) is 0 Å². The van der Waals surface area contributed by atoms with Gasteiger partial charge in [0, 0.05) is 31.9 Å². The fourth-order valence-electron chi connectivity index (χ4n) is 3.47.